The highest BCUT2D eigenvalue weighted by Gasteiger charge is 2.26. The van der Waals surface area contributed by atoms with E-state index < -0.39 is 12.6 Å². The third-order valence-electron chi connectivity index (χ3n) is 3.98. The molecule has 0 atom stereocenters. The number of hydrogen-bond acceptors (Lipinski definition) is 3. The van der Waals surface area contributed by atoms with Crippen LogP contribution in [0.15, 0.2) is 27.8 Å². The van der Waals surface area contributed by atoms with Crippen LogP contribution in [0.2, 0.25) is 0 Å². The van der Waals surface area contributed by atoms with E-state index in [2.05, 4.69) is 10.3 Å². The number of halogens is 4. The molecule has 0 aliphatic carbocycles. The van der Waals surface area contributed by atoms with Crippen molar-refractivity contribution in [1.82, 2.24) is 15.1 Å². The van der Waals surface area contributed by atoms with E-state index in [0.29, 0.717) is 50.9 Å². The van der Waals surface area contributed by atoms with Crippen molar-refractivity contribution >= 4 is 35.8 Å². The van der Waals surface area contributed by atoms with Gasteiger partial charge in [0.05, 0.1) is 6.26 Å². The maximum absolute atomic E-state index is 12.2. The number of nitrogens with zero attached hydrogens (tertiary/aromatic N) is 3. The lowest BCUT2D eigenvalue weighted by Gasteiger charge is -2.36. The normalized spacial score (nSPS) is 15.6. The third-order valence-corrected chi connectivity index (χ3v) is 3.98. The van der Waals surface area contributed by atoms with Gasteiger partial charge < -0.3 is 19.5 Å². The average Bonchev–Trinajstić information content (AvgIpc) is 3.11. The second-order valence-corrected chi connectivity index (χ2v) is 5.80. The number of carbonyl (C=O) groups excluding carboxylic acids is 1. The van der Waals surface area contributed by atoms with Crippen molar-refractivity contribution in [3.8, 4) is 0 Å². The van der Waals surface area contributed by atoms with E-state index in [1.54, 1.807) is 24.1 Å². The van der Waals surface area contributed by atoms with Crippen molar-refractivity contribution in [2.24, 2.45) is 4.99 Å². The Hall–Kier alpha value is -1.46. The van der Waals surface area contributed by atoms with E-state index in [4.69, 9.17) is 4.42 Å². The van der Waals surface area contributed by atoms with Gasteiger partial charge in [0.2, 0.25) is 0 Å². The molecule has 1 saturated heterocycles. The number of carbonyl (C=O) groups is 1. The SMILES string of the molecule is CN=C(NCCCCC(F)(F)F)N1CCN(C(=O)c2ccco2)CC1.I. The van der Waals surface area contributed by atoms with E-state index in [1.807, 2.05) is 4.90 Å². The van der Waals surface area contributed by atoms with Crippen LogP contribution < -0.4 is 5.32 Å². The molecule has 0 bridgehead atoms. The van der Waals surface area contributed by atoms with Gasteiger partial charge in [-0.25, -0.2) is 0 Å². The fraction of sp³-hybridized carbons (Fsp3) is 0.625. The van der Waals surface area contributed by atoms with Crippen molar-refractivity contribution in [2.75, 3.05) is 39.8 Å². The molecule has 0 aromatic carbocycles. The van der Waals surface area contributed by atoms with Crippen LogP contribution in [0.3, 0.4) is 0 Å². The first-order chi connectivity index (χ1) is 11.9. The lowest BCUT2D eigenvalue weighted by atomic mass is 10.2. The monoisotopic (exact) mass is 488 g/mol. The van der Waals surface area contributed by atoms with Crippen molar-refractivity contribution in [1.29, 1.82) is 0 Å². The Morgan fingerprint density at radius 1 is 1.23 bits per heavy atom. The summed E-state index contributed by atoms with van der Waals surface area (Å²) in [5.41, 5.74) is 0. The second kappa shape index (κ2) is 10.6. The largest absolute Gasteiger partial charge is 0.459 e. The molecular formula is C16H24F3IN4O2. The summed E-state index contributed by atoms with van der Waals surface area (Å²) in [6.45, 7) is 2.72. The summed E-state index contributed by atoms with van der Waals surface area (Å²) in [7, 11) is 1.64. The predicted molar refractivity (Wildman–Crippen MR) is 103 cm³/mol. The zero-order valence-corrected chi connectivity index (χ0v) is 16.9. The first-order valence-electron chi connectivity index (χ1n) is 8.26. The molecule has 1 aliphatic rings. The van der Waals surface area contributed by atoms with E-state index in [0.717, 1.165) is 0 Å². The highest BCUT2D eigenvalue weighted by molar-refractivity contribution is 14.0. The molecule has 148 valence electrons. The molecule has 0 unspecified atom stereocenters. The van der Waals surface area contributed by atoms with Gasteiger partial charge in [-0.2, -0.15) is 13.2 Å². The second-order valence-electron chi connectivity index (χ2n) is 5.80. The molecule has 2 rings (SSSR count). The maximum atomic E-state index is 12.2. The minimum Gasteiger partial charge on any atom is -0.459 e. The number of aliphatic imine (C=N–C) groups is 1. The molecule has 1 N–H and O–H groups in total. The van der Waals surface area contributed by atoms with Gasteiger partial charge in [0.1, 0.15) is 0 Å². The number of guanidine groups is 1. The Labute approximate surface area is 167 Å². The van der Waals surface area contributed by atoms with Crippen LogP contribution in [-0.4, -0.2) is 67.6 Å². The van der Waals surface area contributed by atoms with Gasteiger partial charge in [-0.1, -0.05) is 0 Å². The summed E-state index contributed by atoms with van der Waals surface area (Å²) in [4.78, 5) is 20.1. The van der Waals surface area contributed by atoms with E-state index in [9.17, 15) is 18.0 Å². The number of hydrogen-bond donors (Lipinski definition) is 1. The van der Waals surface area contributed by atoms with Crippen molar-refractivity contribution in [2.45, 2.75) is 25.4 Å². The third kappa shape index (κ3) is 7.04. The Morgan fingerprint density at radius 3 is 2.42 bits per heavy atom. The smallest absolute Gasteiger partial charge is 0.389 e. The van der Waals surface area contributed by atoms with Crippen LogP contribution in [0.5, 0.6) is 0 Å². The predicted octanol–water partition coefficient (Wildman–Crippen LogP) is 2.96. The molecule has 0 saturated carbocycles. The summed E-state index contributed by atoms with van der Waals surface area (Å²) < 4.78 is 41.5. The maximum Gasteiger partial charge on any atom is 0.389 e. The summed E-state index contributed by atoms with van der Waals surface area (Å²) in [6, 6.07) is 3.31. The minimum atomic E-state index is -4.10. The summed E-state index contributed by atoms with van der Waals surface area (Å²) in [5.74, 6) is 0.831. The highest BCUT2D eigenvalue weighted by atomic mass is 127. The van der Waals surface area contributed by atoms with Gasteiger partial charge in [0.15, 0.2) is 11.7 Å². The van der Waals surface area contributed by atoms with Gasteiger partial charge in [0, 0.05) is 46.2 Å². The number of amides is 1. The molecule has 10 heteroatoms. The first kappa shape index (κ1) is 22.6. The number of rotatable bonds is 5. The zero-order chi connectivity index (χ0) is 18.3. The number of furan rings is 1. The molecule has 1 aromatic rings. The molecule has 1 aliphatic heterocycles. The first-order valence-corrected chi connectivity index (χ1v) is 8.26. The molecule has 0 radical (unpaired) electrons. The zero-order valence-electron chi connectivity index (χ0n) is 14.6. The Morgan fingerprint density at radius 2 is 1.88 bits per heavy atom. The Bertz CT molecular complexity index is 571. The Balaban J connectivity index is 0.00000338. The standard InChI is InChI=1S/C16H23F3N4O2.HI/c1-20-15(21-7-3-2-6-16(17,18)19)23-10-8-22(9-11-23)14(24)13-5-4-12-25-13;/h4-5,12H,2-3,6-11H2,1H3,(H,20,21);1H. The van der Waals surface area contributed by atoms with Gasteiger partial charge in [-0.3, -0.25) is 9.79 Å². The van der Waals surface area contributed by atoms with E-state index >= 15 is 0 Å². The highest BCUT2D eigenvalue weighted by Crippen LogP contribution is 2.21. The molecule has 2 heterocycles. The van der Waals surface area contributed by atoms with Crippen LogP contribution >= 0.6 is 24.0 Å². The topological polar surface area (TPSA) is 61.1 Å². The van der Waals surface area contributed by atoms with Gasteiger partial charge in [-0.15, -0.1) is 24.0 Å². The van der Waals surface area contributed by atoms with Gasteiger partial charge in [0.25, 0.3) is 5.91 Å². The average molecular weight is 488 g/mol. The van der Waals surface area contributed by atoms with Crippen LogP contribution in [0.4, 0.5) is 13.2 Å². The summed E-state index contributed by atoms with van der Waals surface area (Å²) in [6.07, 6.45) is -2.87. The van der Waals surface area contributed by atoms with Crippen LogP contribution in [0, 0.1) is 0 Å². The van der Waals surface area contributed by atoms with E-state index in [1.165, 1.54) is 6.26 Å². The molecule has 1 amide bonds. The Kier molecular flexibility index (Phi) is 9.23. The van der Waals surface area contributed by atoms with E-state index in [-0.39, 0.29) is 36.3 Å². The number of unbranched alkanes of at least 4 members (excludes halogenated alkanes) is 1. The minimum absolute atomic E-state index is 0. The summed E-state index contributed by atoms with van der Waals surface area (Å²) in [5, 5.41) is 3.08. The molecule has 6 nitrogen and oxygen atoms in total. The van der Waals surface area contributed by atoms with Crippen molar-refractivity contribution in [3.05, 3.63) is 24.2 Å². The molecule has 1 aromatic heterocycles. The van der Waals surface area contributed by atoms with Gasteiger partial charge >= 0.3 is 6.18 Å². The van der Waals surface area contributed by atoms with Crippen molar-refractivity contribution in [3.63, 3.8) is 0 Å². The molecule has 1 fully saturated rings. The van der Waals surface area contributed by atoms with Crippen molar-refractivity contribution < 1.29 is 22.4 Å². The van der Waals surface area contributed by atoms with Gasteiger partial charge in [-0.05, 0) is 25.0 Å². The fourth-order valence-electron chi connectivity index (χ4n) is 2.66. The fourth-order valence-corrected chi connectivity index (χ4v) is 2.66. The van der Waals surface area contributed by atoms with Crippen LogP contribution in [-0.2, 0) is 0 Å². The number of nitrogens with one attached hydrogen (secondary N) is 1. The lowest BCUT2D eigenvalue weighted by Crippen LogP contribution is -2.53. The molecular weight excluding hydrogens is 464 g/mol. The molecule has 26 heavy (non-hydrogen) atoms. The quantitative estimate of drug-likeness (QED) is 0.300. The van der Waals surface area contributed by atoms with Crippen LogP contribution in [0.1, 0.15) is 29.8 Å². The van der Waals surface area contributed by atoms with Crippen LogP contribution in [0.25, 0.3) is 0 Å². The lowest BCUT2D eigenvalue weighted by molar-refractivity contribution is -0.135. The molecule has 0 spiro atoms. The summed E-state index contributed by atoms with van der Waals surface area (Å²) >= 11 is 0. The number of piperazine rings is 1. The number of alkyl halides is 3.